The highest BCUT2D eigenvalue weighted by molar-refractivity contribution is 6.08. The predicted octanol–water partition coefficient (Wildman–Crippen LogP) is 3.98. The maximum atomic E-state index is 11.7. The van der Waals surface area contributed by atoms with Gasteiger partial charge in [-0.1, -0.05) is 0 Å². The minimum Gasteiger partial charge on any atom is -0.491 e. The number of carbonyl (C=O) groups is 1. The molecule has 0 amide bonds. The Bertz CT molecular complexity index is 821. The quantitative estimate of drug-likeness (QED) is 0.788. The molecule has 0 saturated heterocycles. The Morgan fingerprint density at radius 1 is 1.23 bits per heavy atom. The summed E-state index contributed by atoms with van der Waals surface area (Å²) in [5.74, 6) is -0.0917. The van der Waals surface area contributed by atoms with Gasteiger partial charge in [0.25, 0.3) is 0 Å². The van der Waals surface area contributed by atoms with E-state index < -0.39 is 5.97 Å². The van der Waals surface area contributed by atoms with Crippen molar-refractivity contribution >= 4 is 16.9 Å². The van der Waals surface area contributed by atoms with Crippen molar-refractivity contribution in [1.82, 2.24) is 4.98 Å². The summed E-state index contributed by atoms with van der Waals surface area (Å²) >= 11 is 0. The zero-order valence-corrected chi connectivity index (χ0v) is 12.2. The first-order chi connectivity index (χ1) is 10.6. The molecule has 0 fully saturated rings. The SMILES string of the molecule is CC(C)Oc1ccc2oc(-c3ccncc3)c(C(=O)O)c2c1. The summed E-state index contributed by atoms with van der Waals surface area (Å²) < 4.78 is 11.4. The lowest BCUT2D eigenvalue weighted by Crippen LogP contribution is -2.05. The third-order valence-electron chi connectivity index (χ3n) is 3.19. The number of hydrogen-bond acceptors (Lipinski definition) is 4. The number of nitrogens with zero attached hydrogens (tertiary/aromatic N) is 1. The topological polar surface area (TPSA) is 72.6 Å². The summed E-state index contributed by atoms with van der Waals surface area (Å²) in [4.78, 5) is 15.6. The van der Waals surface area contributed by atoms with Gasteiger partial charge in [0.05, 0.1) is 6.10 Å². The summed E-state index contributed by atoms with van der Waals surface area (Å²) in [5, 5.41) is 10.1. The number of carboxylic acid groups (broad SMARTS) is 1. The summed E-state index contributed by atoms with van der Waals surface area (Å²) in [6, 6.07) is 8.64. The van der Waals surface area contributed by atoms with E-state index in [1.165, 1.54) is 0 Å². The number of pyridine rings is 1. The van der Waals surface area contributed by atoms with Crippen LogP contribution in [0.2, 0.25) is 0 Å². The molecule has 0 spiro atoms. The molecule has 1 aromatic carbocycles. The van der Waals surface area contributed by atoms with Gasteiger partial charge in [-0.25, -0.2) is 4.79 Å². The summed E-state index contributed by atoms with van der Waals surface area (Å²) in [5.41, 5.74) is 1.32. The van der Waals surface area contributed by atoms with E-state index in [2.05, 4.69) is 4.98 Å². The van der Waals surface area contributed by atoms with E-state index in [1.807, 2.05) is 13.8 Å². The van der Waals surface area contributed by atoms with Crippen LogP contribution < -0.4 is 4.74 Å². The Balaban J connectivity index is 2.22. The van der Waals surface area contributed by atoms with E-state index >= 15 is 0 Å². The van der Waals surface area contributed by atoms with Crippen LogP contribution in [-0.4, -0.2) is 22.2 Å². The van der Waals surface area contributed by atoms with Crippen LogP contribution in [0.15, 0.2) is 47.1 Å². The number of benzene rings is 1. The standard InChI is InChI=1S/C17H15NO4/c1-10(2)21-12-3-4-14-13(9-12)15(17(19)20)16(22-14)11-5-7-18-8-6-11/h3-10H,1-2H3,(H,19,20). The first-order valence-corrected chi connectivity index (χ1v) is 6.93. The minimum absolute atomic E-state index is 0.0114. The molecule has 5 nitrogen and oxygen atoms in total. The van der Waals surface area contributed by atoms with Gasteiger partial charge in [-0.05, 0) is 44.2 Å². The van der Waals surface area contributed by atoms with E-state index in [0.29, 0.717) is 28.0 Å². The van der Waals surface area contributed by atoms with Crippen molar-refractivity contribution in [3.05, 3.63) is 48.3 Å². The highest BCUT2D eigenvalue weighted by Crippen LogP contribution is 2.35. The van der Waals surface area contributed by atoms with E-state index in [4.69, 9.17) is 9.15 Å². The Labute approximate surface area is 127 Å². The van der Waals surface area contributed by atoms with Crippen LogP contribution in [0.25, 0.3) is 22.3 Å². The van der Waals surface area contributed by atoms with E-state index in [9.17, 15) is 9.90 Å². The summed E-state index contributed by atoms with van der Waals surface area (Å²) in [6.07, 6.45) is 3.21. The average Bonchev–Trinajstić information content (AvgIpc) is 2.86. The number of aromatic nitrogens is 1. The zero-order valence-electron chi connectivity index (χ0n) is 12.2. The van der Waals surface area contributed by atoms with Crippen molar-refractivity contribution in [3.8, 4) is 17.1 Å². The van der Waals surface area contributed by atoms with Crippen LogP contribution >= 0.6 is 0 Å². The molecule has 1 N–H and O–H groups in total. The van der Waals surface area contributed by atoms with Crippen molar-refractivity contribution < 1.29 is 19.1 Å². The van der Waals surface area contributed by atoms with Gasteiger partial charge in [-0.3, -0.25) is 4.98 Å². The maximum absolute atomic E-state index is 11.7. The third-order valence-corrected chi connectivity index (χ3v) is 3.19. The fourth-order valence-electron chi connectivity index (χ4n) is 2.34. The number of furan rings is 1. The zero-order chi connectivity index (χ0) is 15.7. The number of carboxylic acids is 1. The normalized spacial score (nSPS) is 11.0. The number of aromatic carboxylic acids is 1. The van der Waals surface area contributed by atoms with Crippen LogP contribution in [0.5, 0.6) is 5.75 Å². The van der Waals surface area contributed by atoms with Gasteiger partial charge in [-0.15, -0.1) is 0 Å². The van der Waals surface area contributed by atoms with Crippen molar-refractivity contribution in [2.45, 2.75) is 20.0 Å². The second kappa shape index (κ2) is 5.52. The van der Waals surface area contributed by atoms with Crippen molar-refractivity contribution in [3.63, 3.8) is 0 Å². The Morgan fingerprint density at radius 3 is 2.59 bits per heavy atom. The molecule has 0 aliphatic rings. The monoisotopic (exact) mass is 297 g/mol. The van der Waals surface area contributed by atoms with Crippen LogP contribution in [0, 0.1) is 0 Å². The van der Waals surface area contributed by atoms with Gasteiger partial charge < -0.3 is 14.3 Å². The average molecular weight is 297 g/mol. The Hall–Kier alpha value is -2.82. The molecular weight excluding hydrogens is 282 g/mol. The lowest BCUT2D eigenvalue weighted by atomic mass is 10.1. The highest BCUT2D eigenvalue weighted by atomic mass is 16.5. The molecule has 2 aromatic heterocycles. The van der Waals surface area contributed by atoms with Crippen LogP contribution in [0.1, 0.15) is 24.2 Å². The lowest BCUT2D eigenvalue weighted by Gasteiger charge is -2.09. The molecule has 0 radical (unpaired) electrons. The first kappa shape index (κ1) is 14.1. The molecule has 2 heterocycles. The van der Waals surface area contributed by atoms with Gasteiger partial charge in [0, 0.05) is 23.3 Å². The minimum atomic E-state index is -1.03. The largest absolute Gasteiger partial charge is 0.491 e. The highest BCUT2D eigenvalue weighted by Gasteiger charge is 2.22. The van der Waals surface area contributed by atoms with Crippen molar-refractivity contribution in [2.75, 3.05) is 0 Å². The number of hydrogen-bond donors (Lipinski definition) is 1. The molecule has 3 aromatic rings. The van der Waals surface area contributed by atoms with Gasteiger partial charge >= 0.3 is 5.97 Å². The van der Waals surface area contributed by atoms with E-state index in [0.717, 1.165) is 0 Å². The molecule has 0 bridgehead atoms. The smallest absolute Gasteiger partial charge is 0.340 e. The molecule has 3 rings (SSSR count). The van der Waals surface area contributed by atoms with Gasteiger partial charge in [-0.2, -0.15) is 0 Å². The Kier molecular flexibility index (Phi) is 3.55. The van der Waals surface area contributed by atoms with Crippen LogP contribution in [0.3, 0.4) is 0 Å². The second-order valence-corrected chi connectivity index (χ2v) is 5.17. The predicted molar refractivity (Wildman–Crippen MR) is 82.2 cm³/mol. The van der Waals surface area contributed by atoms with Gasteiger partial charge in [0.1, 0.15) is 22.7 Å². The molecule has 0 atom stereocenters. The summed E-state index contributed by atoms with van der Waals surface area (Å²) in [7, 11) is 0. The molecule has 0 aliphatic heterocycles. The van der Waals surface area contributed by atoms with Gasteiger partial charge in [0.2, 0.25) is 0 Å². The van der Waals surface area contributed by atoms with Crippen molar-refractivity contribution in [1.29, 1.82) is 0 Å². The first-order valence-electron chi connectivity index (χ1n) is 6.93. The molecule has 112 valence electrons. The fraction of sp³-hybridized carbons (Fsp3) is 0.176. The maximum Gasteiger partial charge on any atom is 0.340 e. The van der Waals surface area contributed by atoms with Crippen molar-refractivity contribution in [2.24, 2.45) is 0 Å². The fourth-order valence-corrected chi connectivity index (χ4v) is 2.34. The molecule has 22 heavy (non-hydrogen) atoms. The number of ether oxygens (including phenoxy) is 1. The lowest BCUT2D eigenvalue weighted by molar-refractivity contribution is 0.0699. The molecule has 0 unspecified atom stereocenters. The van der Waals surface area contributed by atoms with Crippen LogP contribution in [0.4, 0.5) is 0 Å². The second-order valence-electron chi connectivity index (χ2n) is 5.17. The number of rotatable bonds is 4. The summed E-state index contributed by atoms with van der Waals surface area (Å²) in [6.45, 7) is 3.83. The molecule has 5 heteroatoms. The van der Waals surface area contributed by atoms with Crippen LogP contribution in [-0.2, 0) is 0 Å². The third kappa shape index (κ3) is 2.53. The molecular formula is C17H15NO4. The molecule has 0 saturated carbocycles. The van der Waals surface area contributed by atoms with E-state index in [1.54, 1.807) is 42.7 Å². The Morgan fingerprint density at radius 2 is 1.95 bits per heavy atom. The molecule has 0 aliphatic carbocycles. The van der Waals surface area contributed by atoms with Gasteiger partial charge in [0.15, 0.2) is 0 Å². The number of fused-ring (bicyclic) bond motifs is 1. The van der Waals surface area contributed by atoms with E-state index in [-0.39, 0.29) is 11.7 Å².